The maximum atomic E-state index is 13.2. The van der Waals surface area contributed by atoms with Crippen molar-refractivity contribution < 1.29 is 8.81 Å². The van der Waals surface area contributed by atoms with Gasteiger partial charge in [-0.15, -0.1) is 0 Å². The minimum Gasteiger partial charge on any atom is -0.439 e. The van der Waals surface area contributed by atoms with Crippen molar-refractivity contribution in [2.45, 2.75) is 26.8 Å². The van der Waals surface area contributed by atoms with Crippen LogP contribution in [0.15, 0.2) is 28.8 Å². The number of nitrogens with one attached hydrogen (secondary N) is 1. The molecule has 18 heavy (non-hydrogen) atoms. The van der Waals surface area contributed by atoms with Gasteiger partial charge in [-0.2, -0.15) is 0 Å². The first kappa shape index (κ1) is 12.8. The molecule has 2 rings (SSSR count). The van der Waals surface area contributed by atoms with E-state index in [0.29, 0.717) is 17.2 Å². The van der Waals surface area contributed by atoms with Crippen molar-refractivity contribution in [2.24, 2.45) is 0 Å². The minimum absolute atomic E-state index is 0.0743. The number of nitrogens with zero attached hydrogens (tertiary/aromatic N) is 1. The molecule has 4 heteroatoms. The highest BCUT2D eigenvalue weighted by Crippen LogP contribution is 2.24. The molecule has 0 saturated carbocycles. The van der Waals surface area contributed by atoms with Gasteiger partial charge >= 0.3 is 0 Å². The molecule has 1 aromatic heterocycles. The highest BCUT2D eigenvalue weighted by atomic mass is 19.1. The van der Waals surface area contributed by atoms with E-state index in [1.807, 2.05) is 13.8 Å². The van der Waals surface area contributed by atoms with Gasteiger partial charge in [0.25, 0.3) is 0 Å². The summed E-state index contributed by atoms with van der Waals surface area (Å²) in [6, 6.07) is 4.98. The zero-order chi connectivity index (χ0) is 13.1. The van der Waals surface area contributed by atoms with Gasteiger partial charge in [0.1, 0.15) is 5.82 Å². The maximum absolute atomic E-state index is 13.2. The molecule has 0 spiro atoms. The van der Waals surface area contributed by atoms with Crippen molar-refractivity contribution in [1.29, 1.82) is 0 Å². The molecule has 2 aromatic rings. The summed E-state index contributed by atoms with van der Waals surface area (Å²) in [5.41, 5.74) is 1.45. The highest BCUT2D eigenvalue weighted by molar-refractivity contribution is 5.57. The molecule has 96 valence electrons. The van der Waals surface area contributed by atoms with E-state index in [1.165, 1.54) is 6.07 Å². The molecule has 0 aliphatic rings. The Morgan fingerprint density at radius 2 is 2.22 bits per heavy atom. The normalized spacial score (nSPS) is 12.7. The number of halogens is 1. The number of benzene rings is 1. The van der Waals surface area contributed by atoms with Gasteiger partial charge in [-0.05, 0) is 44.2 Å². The first-order valence-corrected chi connectivity index (χ1v) is 6.07. The van der Waals surface area contributed by atoms with E-state index >= 15 is 0 Å². The van der Waals surface area contributed by atoms with E-state index in [-0.39, 0.29) is 11.9 Å². The Morgan fingerprint density at radius 3 is 2.89 bits per heavy atom. The minimum atomic E-state index is -0.209. The zero-order valence-corrected chi connectivity index (χ0v) is 10.8. The second-order valence-electron chi connectivity index (χ2n) is 4.31. The SMILES string of the molecule is CCNC(C)c1ncc(-c2ccc(F)c(C)c2)o1. The summed E-state index contributed by atoms with van der Waals surface area (Å²) in [4.78, 5) is 4.24. The molecule has 1 heterocycles. The summed E-state index contributed by atoms with van der Waals surface area (Å²) in [5, 5.41) is 3.23. The molecule has 1 N–H and O–H groups in total. The third-order valence-corrected chi connectivity index (χ3v) is 2.85. The third kappa shape index (κ3) is 2.59. The Labute approximate surface area is 106 Å². The Kier molecular flexibility index (Phi) is 3.77. The largest absolute Gasteiger partial charge is 0.439 e. The second-order valence-corrected chi connectivity index (χ2v) is 4.31. The number of rotatable bonds is 4. The quantitative estimate of drug-likeness (QED) is 0.900. The zero-order valence-electron chi connectivity index (χ0n) is 10.8. The molecule has 1 aromatic carbocycles. The van der Waals surface area contributed by atoms with Crippen molar-refractivity contribution in [3.8, 4) is 11.3 Å². The lowest BCUT2D eigenvalue weighted by molar-refractivity contribution is 0.429. The Hall–Kier alpha value is -1.68. The molecule has 3 nitrogen and oxygen atoms in total. The average Bonchev–Trinajstić information content (AvgIpc) is 2.82. The van der Waals surface area contributed by atoms with Crippen LogP contribution in [0.2, 0.25) is 0 Å². The lowest BCUT2D eigenvalue weighted by atomic mass is 10.1. The Morgan fingerprint density at radius 1 is 1.44 bits per heavy atom. The van der Waals surface area contributed by atoms with Gasteiger partial charge in [-0.3, -0.25) is 0 Å². The van der Waals surface area contributed by atoms with Crippen molar-refractivity contribution in [3.05, 3.63) is 41.7 Å². The lowest BCUT2D eigenvalue weighted by Crippen LogP contribution is -2.17. The topological polar surface area (TPSA) is 38.1 Å². The molecule has 0 amide bonds. The smallest absolute Gasteiger partial charge is 0.211 e. The van der Waals surface area contributed by atoms with E-state index in [9.17, 15) is 4.39 Å². The number of hydrogen-bond donors (Lipinski definition) is 1. The van der Waals surface area contributed by atoms with Crippen LogP contribution >= 0.6 is 0 Å². The van der Waals surface area contributed by atoms with Crippen molar-refractivity contribution >= 4 is 0 Å². The standard InChI is InChI=1S/C14H17FN2O/c1-4-16-10(3)14-17-8-13(18-14)11-5-6-12(15)9(2)7-11/h5-8,10,16H,4H2,1-3H3. The number of oxazole rings is 1. The van der Waals surface area contributed by atoms with Crippen LogP contribution in [0.5, 0.6) is 0 Å². The monoisotopic (exact) mass is 248 g/mol. The van der Waals surface area contributed by atoms with E-state index in [1.54, 1.807) is 25.3 Å². The summed E-state index contributed by atoms with van der Waals surface area (Å²) in [5.74, 6) is 1.10. The summed E-state index contributed by atoms with van der Waals surface area (Å²) < 4.78 is 18.9. The Balaban J connectivity index is 2.26. The van der Waals surface area contributed by atoms with E-state index in [0.717, 1.165) is 12.1 Å². The molecular formula is C14H17FN2O. The van der Waals surface area contributed by atoms with Crippen LogP contribution in [-0.4, -0.2) is 11.5 Å². The molecule has 0 fully saturated rings. The molecule has 1 unspecified atom stereocenters. The molecule has 0 aliphatic carbocycles. The van der Waals surface area contributed by atoms with Crippen LogP contribution in [0.3, 0.4) is 0 Å². The summed E-state index contributed by atoms with van der Waals surface area (Å²) in [6.45, 7) is 6.62. The van der Waals surface area contributed by atoms with Crippen LogP contribution in [0.25, 0.3) is 11.3 Å². The van der Waals surface area contributed by atoms with Crippen LogP contribution in [0.4, 0.5) is 4.39 Å². The van der Waals surface area contributed by atoms with E-state index < -0.39 is 0 Å². The molecule has 0 radical (unpaired) electrons. The van der Waals surface area contributed by atoms with Crippen LogP contribution in [-0.2, 0) is 0 Å². The maximum Gasteiger partial charge on any atom is 0.211 e. The van der Waals surface area contributed by atoms with Crippen molar-refractivity contribution in [1.82, 2.24) is 10.3 Å². The summed E-state index contributed by atoms with van der Waals surface area (Å²) in [6.07, 6.45) is 1.68. The van der Waals surface area contributed by atoms with Gasteiger partial charge < -0.3 is 9.73 Å². The molecular weight excluding hydrogens is 231 g/mol. The fraction of sp³-hybridized carbons (Fsp3) is 0.357. The predicted octanol–water partition coefficient (Wildman–Crippen LogP) is 3.46. The van der Waals surface area contributed by atoms with Gasteiger partial charge in [-0.25, -0.2) is 9.37 Å². The molecule has 0 bridgehead atoms. The molecule has 1 atom stereocenters. The number of aromatic nitrogens is 1. The molecule has 0 aliphatic heterocycles. The predicted molar refractivity (Wildman–Crippen MR) is 68.7 cm³/mol. The second kappa shape index (κ2) is 5.31. The van der Waals surface area contributed by atoms with E-state index in [2.05, 4.69) is 10.3 Å². The number of hydrogen-bond acceptors (Lipinski definition) is 3. The third-order valence-electron chi connectivity index (χ3n) is 2.85. The van der Waals surface area contributed by atoms with Crippen molar-refractivity contribution in [3.63, 3.8) is 0 Å². The fourth-order valence-electron chi connectivity index (χ4n) is 1.81. The Bertz CT molecular complexity index is 536. The van der Waals surface area contributed by atoms with Gasteiger partial charge in [0.05, 0.1) is 12.2 Å². The summed E-state index contributed by atoms with van der Waals surface area (Å²) in [7, 11) is 0. The van der Waals surface area contributed by atoms with Crippen LogP contribution < -0.4 is 5.32 Å². The molecule has 0 saturated heterocycles. The van der Waals surface area contributed by atoms with Gasteiger partial charge in [0.2, 0.25) is 5.89 Å². The lowest BCUT2D eigenvalue weighted by Gasteiger charge is -2.06. The van der Waals surface area contributed by atoms with Crippen LogP contribution in [0.1, 0.15) is 31.3 Å². The summed E-state index contributed by atoms with van der Waals surface area (Å²) >= 11 is 0. The van der Waals surface area contributed by atoms with Crippen molar-refractivity contribution in [2.75, 3.05) is 6.54 Å². The highest BCUT2D eigenvalue weighted by Gasteiger charge is 2.12. The average molecular weight is 248 g/mol. The number of aryl methyl sites for hydroxylation is 1. The van der Waals surface area contributed by atoms with Crippen LogP contribution in [0, 0.1) is 12.7 Å². The fourth-order valence-corrected chi connectivity index (χ4v) is 1.81. The van der Waals surface area contributed by atoms with Gasteiger partial charge in [0, 0.05) is 5.56 Å². The first-order chi connectivity index (χ1) is 8.61. The van der Waals surface area contributed by atoms with Gasteiger partial charge in [0.15, 0.2) is 5.76 Å². The first-order valence-electron chi connectivity index (χ1n) is 6.07. The van der Waals surface area contributed by atoms with Gasteiger partial charge in [-0.1, -0.05) is 6.92 Å². The van der Waals surface area contributed by atoms with E-state index in [4.69, 9.17) is 4.42 Å².